The number of piperidine rings is 1. The van der Waals surface area contributed by atoms with Crippen LogP contribution in [0.2, 0.25) is 0 Å². The van der Waals surface area contributed by atoms with Crippen LogP contribution in [0.25, 0.3) is 0 Å². The van der Waals surface area contributed by atoms with E-state index < -0.39 is 0 Å². The van der Waals surface area contributed by atoms with Crippen LogP contribution in [-0.4, -0.2) is 32.2 Å². The fourth-order valence-corrected chi connectivity index (χ4v) is 3.42. The molecule has 3 heteroatoms. The highest BCUT2D eigenvalue weighted by Gasteiger charge is 2.22. The Morgan fingerprint density at radius 3 is 2.52 bits per heavy atom. The Hall–Kier alpha value is -2.00. The molecule has 1 fully saturated rings. The molecular formula is C20H25NO2. The van der Waals surface area contributed by atoms with Crippen molar-refractivity contribution < 1.29 is 9.47 Å². The highest BCUT2D eigenvalue weighted by Crippen LogP contribution is 2.34. The van der Waals surface area contributed by atoms with E-state index in [0.29, 0.717) is 5.92 Å². The van der Waals surface area contributed by atoms with Crippen molar-refractivity contribution in [3.63, 3.8) is 0 Å². The zero-order valence-corrected chi connectivity index (χ0v) is 14.0. The van der Waals surface area contributed by atoms with Gasteiger partial charge in [-0.2, -0.15) is 0 Å². The molecule has 0 bridgehead atoms. The van der Waals surface area contributed by atoms with Crippen LogP contribution < -0.4 is 9.47 Å². The topological polar surface area (TPSA) is 21.7 Å². The maximum Gasteiger partial charge on any atom is 0.160 e. The van der Waals surface area contributed by atoms with E-state index >= 15 is 0 Å². The van der Waals surface area contributed by atoms with Gasteiger partial charge in [-0.1, -0.05) is 36.4 Å². The molecule has 0 aliphatic carbocycles. The maximum atomic E-state index is 5.45. The van der Waals surface area contributed by atoms with Crippen LogP contribution in [0.1, 0.15) is 29.9 Å². The third kappa shape index (κ3) is 3.85. The van der Waals surface area contributed by atoms with E-state index in [4.69, 9.17) is 9.47 Å². The fraction of sp³-hybridized carbons (Fsp3) is 0.400. The van der Waals surface area contributed by atoms with Gasteiger partial charge in [-0.15, -0.1) is 0 Å². The van der Waals surface area contributed by atoms with Gasteiger partial charge in [0.25, 0.3) is 0 Å². The number of methoxy groups -OCH3 is 2. The number of nitrogens with zero attached hydrogens (tertiary/aromatic N) is 1. The molecule has 1 heterocycles. The Balaban J connectivity index is 1.71. The van der Waals surface area contributed by atoms with E-state index in [-0.39, 0.29) is 0 Å². The highest BCUT2D eigenvalue weighted by molar-refractivity contribution is 5.44. The summed E-state index contributed by atoms with van der Waals surface area (Å²) in [4.78, 5) is 2.56. The van der Waals surface area contributed by atoms with E-state index in [1.165, 1.54) is 30.5 Å². The average Bonchev–Trinajstić information content (AvgIpc) is 2.62. The summed E-state index contributed by atoms with van der Waals surface area (Å²) in [5, 5.41) is 0. The summed E-state index contributed by atoms with van der Waals surface area (Å²) in [6.07, 6.45) is 2.48. The largest absolute Gasteiger partial charge is 0.493 e. The first-order valence-corrected chi connectivity index (χ1v) is 8.28. The first-order valence-electron chi connectivity index (χ1n) is 8.28. The van der Waals surface area contributed by atoms with Crippen LogP contribution in [0.15, 0.2) is 48.5 Å². The van der Waals surface area contributed by atoms with E-state index in [1.54, 1.807) is 14.2 Å². The first-order chi connectivity index (χ1) is 11.3. The van der Waals surface area contributed by atoms with Crippen molar-refractivity contribution in [3.05, 3.63) is 59.7 Å². The van der Waals surface area contributed by atoms with E-state index in [0.717, 1.165) is 24.6 Å². The highest BCUT2D eigenvalue weighted by atomic mass is 16.5. The minimum atomic E-state index is 0.562. The Bertz CT molecular complexity index is 627. The molecular weight excluding hydrogens is 286 g/mol. The van der Waals surface area contributed by atoms with Gasteiger partial charge in [0, 0.05) is 13.1 Å². The molecule has 1 unspecified atom stereocenters. The molecule has 2 aromatic rings. The van der Waals surface area contributed by atoms with Crippen molar-refractivity contribution in [2.75, 3.05) is 27.3 Å². The number of hydrogen-bond donors (Lipinski definition) is 0. The molecule has 1 atom stereocenters. The normalized spacial score (nSPS) is 18.6. The molecule has 0 saturated carbocycles. The summed E-state index contributed by atoms with van der Waals surface area (Å²) in [5.41, 5.74) is 2.74. The van der Waals surface area contributed by atoms with Crippen molar-refractivity contribution in [1.29, 1.82) is 0 Å². The van der Waals surface area contributed by atoms with Crippen LogP contribution in [-0.2, 0) is 6.54 Å². The fourth-order valence-electron chi connectivity index (χ4n) is 3.42. The van der Waals surface area contributed by atoms with Crippen molar-refractivity contribution >= 4 is 0 Å². The molecule has 0 spiro atoms. The molecule has 0 radical (unpaired) electrons. The average molecular weight is 311 g/mol. The summed E-state index contributed by atoms with van der Waals surface area (Å²) in [5.74, 6) is 2.19. The first kappa shape index (κ1) is 15.9. The minimum Gasteiger partial charge on any atom is -0.493 e. The summed E-state index contributed by atoms with van der Waals surface area (Å²) >= 11 is 0. The SMILES string of the molecule is COc1ccc(C2CCCN(Cc3ccccc3)C2)cc1OC. The summed E-state index contributed by atoms with van der Waals surface area (Å²) in [7, 11) is 3.38. The molecule has 23 heavy (non-hydrogen) atoms. The quantitative estimate of drug-likeness (QED) is 0.830. The van der Waals surface area contributed by atoms with Gasteiger partial charge in [0.1, 0.15) is 0 Å². The van der Waals surface area contributed by atoms with Crippen LogP contribution >= 0.6 is 0 Å². The van der Waals surface area contributed by atoms with Gasteiger partial charge in [0.05, 0.1) is 14.2 Å². The van der Waals surface area contributed by atoms with Crippen molar-refractivity contribution in [2.24, 2.45) is 0 Å². The second-order valence-corrected chi connectivity index (χ2v) is 6.17. The third-order valence-corrected chi connectivity index (χ3v) is 4.63. The smallest absolute Gasteiger partial charge is 0.160 e. The van der Waals surface area contributed by atoms with Gasteiger partial charge in [-0.05, 0) is 48.6 Å². The Morgan fingerprint density at radius 2 is 1.78 bits per heavy atom. The number of ether oxygens (including phenoxy) is 2. The monoisotopic (exact) mass is 311 g/mol. The Morgan fingerprint density at radius 1 is 1.00 bits per heavy atom. The molecule has 3 rings (SSSR count). The van der Waals surface area contributed by atoms with Crippen LogP contribution in [0.3, 0.4) is 0 Å². The zero-order valence-electron chi connectivity index (χ0n) is 14.0. The van der Waals surface area contributed by atoms with Crippen LogP contribution in [0.5, 0.6) is 11.5 Å². The second-order valence-electron chi connectivity index (χ2n) is 6.17. The van der Waals surface area contributed by atoms with E-state index in [1.807, 2.05) is 6.07 Å². The summed E-state index contributed by atoms with van der Waals surface area (Å²) in [6, 6.07) is 17.1. The lowest BCUT2D eigenvalue weighted by Crippen LogP contribution is -2.33. The Kier molecular flexibility index (Phi) is 5.19. The van der Waals surface area contributed by atoms with E-state index in [2.05, 4.69) is 47.4 Å². The number of rotatable bonds is 5. The number of likely N-dealkylation sites (tertiary alicyclic amines) is 1. The lowest BCUT2D eigenvalue weighted by molar-refractivity contribution is 0.200. The molecule has 1 aliphatic heterocycles. The Labute approximate surface area is 138 Å². The predicted molar refractivity (Wildman–Crippen MR) is 93.2 cm³/mol. The third-order valence-electron chi connectivity index (χ3n) is 4.63. The molecule has 0 N–H and O–H groups in total. The second kappa shape index (κ2) is 7.51. The molecule has 0 amide bonds. The number of benzene rings is 2. The molecule has 1 saturated heterocycles. The van der Waals surface area contributed by atoms with Crippen molar-refractivity contribution in [3.8, 4) is 11.5 Å². The van der Waals surface area contributed by atoms with Gasteiger partial charge >= 0.3 is 0 Å². The lowest BCUT2D eigenvalue weighted by atomic mass is 9.90. The molecule has 2 aromatic carbocycles. The van der Waals surface area contributed by atoms with Gasteiger partial charge in [0.2, 0.25) is 0 Å². The number of hydrogen-bond acceptors (Lipinski definition) is 3. The molecule has 3 nitrogen and oxygen atoms in total. The van der Waals surface area contributed by atoms with Crippen molar-refractivity contribution in [2.45, 2.75) is 25.3 Å². The van der Waals surface area contributed by atoms with Gasteiger partial charge in [-0.3, -0.25) is 4.90 Å². The molecule has 0 aromatic heterocycles. The zero-order chi connectivity index (χ0) is 16.1. The summed E-state index contributed by atoms with van der Waals surface area (Å²) < 4.78 is 10.8. The van der Waals surface area contributed by atoms with Gasteiger partial charge < -0.3 is 9.47 Å². The summed E-state index contributed by atoms with van der Waals surface area (Å²) in [6.45, 7) is 3.31. The maximum absolute atomic E-state index is 5.45. The lowest BCUT2D eigenvalue weighted by Gasteiger charge is -2.33. The van der Waals surface area contributed by atoms with Gasteiger partial charge in [-0.25, -0.2) is 0 Å². The molecule has 122 valence electrons. The predicted octanol–water partition coefficient (Wildman–Crippen LogP) is 4.08. The van der Waals surface area contributed by atoms with E-state index in [9.17, 15) is 0 Å². The van der Waals surface area contributed by atoms with Gasteiger partial charge in [0.15, 0.2) is 11.5 Å². The molecule has 1 aliphatic rings. The van der Waals surface area contributed by atoms with Crippen LogP contribution in [0, 0.1) is 0 Å². The van der Waals surface area contributed by atoms with Crippen LogP contribution in [0.4, 0.5) is 0 Å². The minimum absolute atomic E-state index is 0.562. The standard InChI is InChI=1S/C20H25NO2/c1-22-19-11-10-17(13-20(19)23-2)18-9-6-12-21(15-18)14-16-7-4-3-5-8-16/h3-5,7-8,10-11,13,18H,6,9,12,14-15H2,1-2H3. The van der Waals surface area contributed by atoms with Crippen molar-refractivity contribution in [1.82, 2.24) is 4.90 Å².